The molecule has 0 unspecified atom stereocenters. The SMILES string of the molecule is Clc1cc(Cl)cc(CNCc2ccc3[nH]ncc3c2)c1. The van der Waals surface area contributed by atoms with Crippen molar-refractivity contribution >= 4 is 34.1 Å². The Morgan fingerprint density at radius 3 is 2.50 bits per heavy atom. The lowest BCUT2D eigenvalue weighted by Gasteiger charge is -2.06. The van der Waals surface area contributed by atoms with Gasteiger partial charge in [0.05, 0.1) is 11.7 Å². The van der Waals surface area contributed by atoms with Crippen LogP contribution in [0.1, 0.15) is 11.1 Å². The van der Waals surface area contributed by atoms with E-state index in [4.69, 9.17) is 23.2 Å². The van der Waals surface area contributed by atoms with Crippen LogP contribution in [0.25, 0.3) is 10.9 Å². The molecule has 0 aliphatic heterocycles. The third-order valence-electron chi connectivity index (χ3n) is 3.09. The molecular weight excluding hydrogens is 293 g/mol. The molecule has 0 aliphatic rings. The molecule has 0 bridgehead atoms. The number of nitrogens with one attached hydrogen (secondary N) is 2. The van der Waals surface area contributed by atoms with Gasteiger partial charge in [0.1, 0.15) is 0 Å². The minimum atomic E-state index is 0.661. The predicted octanol–water partition coefficient (Wildman–Crippen LogP) is 4.16. The van der Waals surface area contributed by atoms with Gasteiger partial charge in [-0.05, 0) is 41.5 Å². The first-order valence-corrected chi connectivity index (χ1v) is 7.04. The van der Waals surface area contributed by atoms with E-state index in [-0.39, 0.29) is 0 Å². The molecule has 0 fully saturated rings. The van der Waals surface area contributed by atoms with Gasteiger partial charge in [0, 0.05) is 28.5 Å². The average molecular weight is 306 g/mol. The van der Waals surface area contributed by atoms with Gasteiger partial charge in [-0.3, -0.25) is 5.10 Å². The Bertz CT molecular complexity index is 717. The summed E-state index contributed by atoms with van der Waals surface area (Å²) in [6.07, 6.45) is 1.83. The summed E-state index contributed by atoms with van der Waals surface area (Å²) >= 11 is 12.0. The summed E-state index contributed by atoms with van der Waals surface area (Å²) in [5, 5.41) is 12.8. The van der Waals surface area contributed by atoms with Crippen molar-refractivity contribution in [3.63, 3.8) is 0 Å². The van der Waals surface area contributed by atoms with Gasteiger partial charge in [-0.1, -0.05) is 29.3 Å². The van der Waals surface area contributed by atoms with E-state index in [1.165, 1.54) is 5.56 Å². The van der Waals surface area contributed by atoms with Crippen molar-refractivity contribution in [2.45, 2.75) is 13.1 Å². The molecule has 5 heteroatoms. The normalized spacial score (nSPS) is 11.1. The number of hydrogen-bond donors (Lipinski definition) is 2. The molecule has 2 N–H and O–H groups in total. The molecule has 3 rings (SSSR count). The minimum Gasteiger partial charge on any atom is -0.309 e. The fourth-order valence-corrected chi connectivity index (χ4v) is 2.74. The van der Waals surface area contributed by atoms with Crippen LogP contribution in [0.5, 0.6) is 0 Å². The van der Waals surface area contributed by atoms with Crippen LogP contribution in [-0.2, 0) is 13.1 Å². The maximum atomic E-state index is 5.98. The Kier molecular flexibility index (Phi) is 3.92. The second kappa shape index (κ2) is 5.83. The topological polar surface area (TPSA) is 40.7 Å². The molecule has 0 atom stereocenters. The molecule has 20 heavy (non-hydrogen) atoms. The van der Waals surface area contributed by atoms with Crippen molar-refractivity contribution in [1.29, 1.82) is 0 Å². The summed E-state index contributed by atoms with van der Waals surface area (Å²) in [6.45, 7) is 1.51. The molecule has 1 aromatic heterocycles. The number of hydrogen-bond acceptors (Lipinski definition) is 2. The maximum absolute atomic E-state index is 5.98. The lowest BCUT2D eigenvalue weighted by atomic mass is 10.1. The summed E-state index contributed by atoms with van der Waals surface area (Å²) in [6, 6.07) is 11.8. The first kappa shape index (κ1) is 13.4. The van der Waals surface area contributed by atoms with E-state index in [1.54, 1.807) is 6.07 Å². The number of benzene rings is 2. The number of halogens is 2. The van der Waals surface area contributed by atoms with Crippen molar-refractivity contribution < 1.29 is 0 Å². The summed E-state index contributed by atoms with van der Waals surface area (Å²) in [5.74, 6) is 0. The third kappa shape index (κ3) is 3.12. The second-order valence-corrected chi connectivity index (χ2v) is 5.55. The van der Waals surface area contributed by atoms with Gasteiger partial charge in [-0.2, -0.15) is 5.10 Å². The van der Waals surface area contributed by atoms with Gasteiger partial charge >= 0.3 is 0 Å². The van der Waals surface area contributed by atoms with Crippen molar-refractivity contribution in [1.82, 2.24) is 15.5 Å². The van der Waals surface area contributed by atoms with E-state index < -0.39 is 0 Å². The first-order valence-electron chi connectivity index (χ1n) is 6.28. The standard InChI is InChI=1S/C15H13Cl2N3/c16-13-4-11(5-14(17)6-13)8-18-7-10-1-2-15-12(3-10)9-19-20-15/h1-6,9,18H,7-8H2,(H,19,20). The fourth-order valence-electron chi connectivity index (χ4n) is 2.17. The highest BCUT2D eigenvalue weighted by atomic mass is 35.5. The first-order chi connectivity index (χ1) is 9.70. The van der Waals surface area contributed by atoms with E-state index in [1.807, 2.05) is 24.4 Å². The molecule has 0 aliphatic carbocycles. The zero-order valence-electron chi connectivity index (χ0n) is 10.7. The molecular formula is C15H13Cl2N3. The van der Waals surface area contributed by atoms with Crippen molar-refractivity contribution in [2.75, 3.05) is 0 Å². The summed E-state index contributed by atoms with van der Waals surface area (Å²) < 4.78 is 0. The summed E-state index contributed by atoms with van der Waals surface area (Å²) in [7, 11) is 0. The van der Waals surface area contributed by atoms with Crippen molar-refractivity contribution in [3.05, 3.63) is 63.8 Å². The van der Waals surface area contributed by atoms with Crippen LogP contribution in [0.2, 0.25) is 10.0 Å². The molecule has 0 radical (unpaired) electrons. The molecule has 3 nitrogen and oxygen atoms in total. The van der Waals surface area contributed by atoms with Gasteiger partial charge in [-0.25, -0.2) is 0 Å². The minimum absolute atomic E-state index is 0.661. The van der Waals surface area contributed by atoms with Gasteiger partial charge in [0.15, 0.2) is 0 Å². The van der Waals surface area contributed by atoms with Gasteiger partial charge < -0.3 is 5.32 Å². The second-order valence-electron chi connectivity index (χ2n) is 4.67. The molecule has 0 spiro atoms. The number of rotatable bonds is 4. The quantitative estimate of drug-likeness (QED) is 0.760. The lowest BCUT2D eigenvalue weighted by molar-refractivity contribution is 0.694. The van der Waals surface area contributed by atoms with E-state index in [2.05, 4.69) is 27.6 Å². The fraction of sp³-hybridized carbons (Fsp3) is 0.133. The number of H-pyrrole nitrogens is 1. The third-order valence-corrected chi connectivity index (χ3v) is 3.52. The molecule has 2 aromatic carbocycles. The van der Waals surface area contributed by atoms with Crippen LogP contribution in [0.3, 0.4) is 0 Å². The lowest BCUT2D eigenvalue weighted by Crippen LogP contribution is -2.12. The van der Waals surface area contributed by atoms with Crippen LogP contribution in [0.15, 0.2) is 42.6 Å². The van der Waals surface area contributed by atoms with E-state index >= 15 is 0 Å². The Labute approximate surface area is 126 Å². The number of nitrogens with zero attached hydrogens (tertiary/aromatic N) is 1. The maximum Gasteiger partial charge on any atom is 0.0650 e. The van der Waals surface area contributed by atoms with E-state index in [0.717, 1.165) is 29.6 Å². The molecule has 3 aromatic rings. The largest absolute Gasteiger partial charge is 0.309 e. The molecule has 102 valence electrons. The molecule has 0 saturated carbocycles. The highest BCUT2D eigenvalue weighted by Crippen LogP contribution is 2.19. The smallest absolute Gasteiger partial charge is 0.0650 e. The molecule has 0 amide bonds. The summed E-state index contributed by atoms with van der Waals surface area (Å²) in [4.78, 5) is 0. The van der Waals surface area contributed by atoms with Gasteiger partial charge in [0.25, 0.3) is 0 Å². The average Bonchev–Trinajstić information content (AvgIpc) is 2.85. The zero-order valence-corrected chi connectivity index (χ0v) is 12.2. The summed E-state index contributed by atoms with van der Waals surface area (Å²) in [5.41, 5.74) is 3.34. The Morgan fingerprint density at radius 2 is 1.70 bits per heavy atom. The Balaban J connectivity index is 1.64. The van der Waals surface area contributed by atoms with Crippen molar-refractivity contribution in [3.8, 4) is 0 Å². The van der Waals surface area contributed by atoms with Crippen LogP contribution in [0.4, 0.5) is 0 Å². The Morgan fingerprint density at radius 1 is 0.950 bits per heavy atom. The van der Waals surface area contributed by atoms with Crippen LogP contribution >= 0.6 is 23.2 Å². The van der Waals surface area contributed by atoms with E-state index in [9.17, 15) is 0 Å². The van der Waals surface area contributed by atoms with Crippen molar-refractivity contribution in [2.24, 2.45) is 0 Å². The van der Waals surface area contributed by atoms with Gasteiger partial charge in [-0.15, -0.1) is 0 Å². The number of aromatic nitrogens is 2. The van der Waals surface area contributed by atoms with E-state index in [0.29, 0.717) is 10.0 Å². The van der Waals surface area contributed by atoms with Crippen LogP contribution in [-0.4, -0.2) is 10.2 Å². The molecule has 0 saturated heterocycles. The van der Waals surface area contributed by atoms with Crippen LogP contribution < -0.4 is 5.32 Å². The number of aromatic amines is 1. The molecule has 1 heterocycles. The highest BCUT2D eigenvalue weighted by molar-refractivity contribution is 6.34. The monoisotopic (exact) mass is 305 g/mol. The van der Waals surface area contributed by atoms with Crippen LogP contribution in [0, 0.1) is 0 Å². The van der Waals surface area contributed by atoms with Gasteiger partial charge in [0.2, 0.25) is 0 Å². The highest BCUT2D eigenvalue weighted by Gasteiger charge is 2.00. The Hall–Kier alpha value is -1.55. The zero-order chi connectivity index (χ0) is 13.9. The predicted molar refractivity (Wildman–Crippen MR) is 83.1 cm³/mol. The number of fused-ring (bicyclic) bond motifs is 1.